The van der Waals surface area contributed by atoms with Gasteiger partial charge in [-0.05, 0) is 35.2 Å². The zero-order chi connectivity index (χ0) is 21.2. The van der Waals surface area contributed by atoms with Gasteiger partial charge in [0.15, 0.2) is 0 Å². The predicted molar refractivity (Wildman–Crippen MR) is 113 cm³/mol. The van der Waals surface area contributed by atoms with E-state index in [2.05, 4.69) is 5.32 Å². The summed E-state index contributed by atoms with van der Waals surface area (Å²) < 4.78 is 11.1. The summed E-state index contributed by atoms with van der Waals surface area (Å²) in [7, 11) is 0. The van der Waals surface area contributed by atoms with Gasteiger partial charge < -0.3 is 19.7 Å². The molecule has 3 aromatic carbocycles. The number of hydrogen-bond donors (Lipinski definition) is 3. The largest absolute Gasteiger partial charge is 0.489 e. The fourth-order valence-electron chi connectivity index (χ4n) is 2.88. The number of nitrogens with one attached hydrogen (secondary N) is 1. The van der Waals surface area contributed by atoms with Crippen LogP contribution in [0, 0.1) is 0 Å². The molecule has 0 fully saturated rings. The number of aliphatic carboxylic acids is 1. The van der Waals surface area contributed by atoms with Gasteiger partial charge in [0.05, 0.1) is 6.61 Å². The van der Waals surface area contributed by atoms with Crippen molar-refractivity contribution in [1.29, 1.82) is 0 Å². The Labute approximate surface area is 175 Å². The van der Waals surface area contributed by atoms with Crippen LogP contribution in [-0.2, 0) is 29.2 Å². The van der Waals surface area contributed by atoms with Crippen molar-refractivity contribution in [3.63, 3.8) is 0 Å². The molecule has 3 rings (SSSR count). The van der Waals surface area contributed by atoms with E-state index >= 15 is 0 Å². The van der Waals surface area contributed by atoms with Crippen molar-refractivity contribution in [2.75, 3.05) is 0 Å². The lowest BCUT2D eigenvalue weighted by Gasteiger charge is -2.19. The lowest BCUT2D eigenvalue weighted by Crippen LogP contribution is -2.45. The summed E-state index contributed by atoms with van der Waals surface area (Å²) in [6.45, 7) is 0.598. The first-order valence-electron chi connectivity index (χ1n) is 9.68. The normalized spacial score (nSPS) is 12.8. The quantitative estimate of drug-likeness (QED) is 0.423. The summed E-state index contributed by atoms with van der Waals surface area (Å²) in [4.78, 5) is 11.5. The van der Waals surface area contributed by atoms with Crippen LogP contribution in [0.15, 0.2) is 84.9 Å². The van der Waals surface area contributed by atoms with E-state index in [4.69, 9.17) is 9.47 Å². The van der Waals surface area contributed by atoms with E-state index in [1.54, 1.807) is 0 Å². The molecule has 2 atom stereocenters. The van der Waals surface area contributed by atoms with Gasteiger partial charge in [-0.25, -0.2) is 0 Å². The van der Waals surface area contributed by atoms with Gasteiger partial charge >= 0.3 is 5.97 Å². The highest BCUT2D eigenvalue weighted by Gasteiger charge is 2.21. The fourth-order valence-corrected chi connectivity index (χ4v) is 2.88. The Balaban J connectivity index is 1.45. The minimum atomic E-state index is -1.39. The summed E-state index contributed by atoms with van der Waals surface area (Å²) in [5.74, 6) is -0.244. The van der Waals surface area contributed by atoms with Crippen molar-refractivity contribution in [1.82, 2.24) is 5.32 Å². The summed E-state index contributed by atoms with van der Waals surface area (Å²) in [6.07, 6.45) is -1.15. The summed E-state index contributed by atoms with van der Waals surface area (Å²) >= 11 is 0. The number of para-hydroxylation sites is 1. The standard InChI is InChI=1S/C24H25NO5/c26-23(27)22(15-18-7-3-1-4-8-18)25-24(28)30-17-20-13-11-19(12-14-20)16-29-21-9-5-2-6-10-21/h1-14,22,24-25,28H,15-17H2,(H,26,27)/t22-,24?/m0/s1. The van der Waals surface area contributed by atoms with Crippen LogP contribution >= 0.6 is 0 Å². The number of aliphatic hydroxyl groups is 1. The maximum Gasteiger partial charge on any atom is 0.321 e. The molecule has 0 aliphatic carbocycles. The van der Waals surface area contributed by atoms with Crippen LogP contribution in [0.25, 0.3) is 0 Å². The molecule has 3 N–H and O–H groups in total. The second-order valence-corrected chi connectivity index (χ2v) is 6.83. The van der Waals surface area contributed by atoms with Gasteiger partial charge in [-0.3, -0.25) is 10.1 Å². The number of carboxylic acid groups (broad SMARTS) is 1. The third-order valence-electron chi connectivity index (χ3n) is 4.50. The first kappa shape index (κ1) is 21.5. The average Bonchev–Trinajstić information content (AvgIpc) is 2.78. The zero-order valence-corrected chi connectivity index (χ0v) is 16.5. The first-order chi connectivity index (χ1) is 14.6. The van der Waals surface area contributed by atoms with Crippen molar-refractivity contribution in [3.8, 4) is 5.75 Å². The predicted octanol–water partition coefficient (Wildman–Crippen LogP) is 3.34. The molecule has 0 spiro atoms. The smallest absolute Gasteiger partial charge is 0.321 e. The minimum Gasteiger partial charge on any atom is -0.489 e. The number of carboxylic acids is 1. The van der Waals surface area contributed by atoms with Crippen molar-refractivity contribution in [2.24, 2.45) is 0 Å². The molecule has 0 aliphatic rings. The van der Waals surface area contributed by atoms with Crippen LogP contribution in [0.3, 0.4) is 0 Å². The highest BCUT2D eigenvalue weighted by Crippen LogP contribution is 2.13. The van der Waals surface area contributed by atoms with Crippen LogP contribution in [0.2, 0.25) is 0 Å². The molecular formula is C24H25NO5. The Morgan fingerprint density at radius 1 is 0.800 bits per heavy atom. The second-order valence-electron chi connectivity index (χ2n) is 6.83. The molecule has 3 aromatic rings. The lowest BCUT2D eigenvalue weighted by atomic mass is 10.1. The Morgan fingerprint density at radius 3 is 1.97 bits per heavy atom. The van der Waals surface area contributed by atoms with Crippen LogP contribution in [0.1, 0.15) is 16.7 Å². The first-order valence-corrected chi connectivity index (χ1v) is 9.68. The van der Waals surface area contributed by atoms with Gasteiger partial charge in [0, 0.05) is 0 Å². The third kappa shape index (κ3) is 7.00. The molecule has 0 saturated carbocycles. The molecule has 0 aromatic heterocycles. The van der Waals surface area contributed by atoms with Crippen molar-refractivity contribution in [2.45, 2.75) is 32.1 Å². The molecule has 0 bridgehead atoms. The molecule has 30 heavy (non-hydrogen) atoms. The van der Waals surface area contributed by atoms with Gasteiger partial charge in [-0.2, -0.15) is 0 Å². The molecule has 0 radical (unpaired) electrons. The molecule has 0 heterocycles. The van der Waals surface area contributed by atoms with Gasteiger partial charge in [0.2, 0.25) is 6.41 Å². The van der Waals surface area contributed by atoms with Crippen molar-refractivity contribution < 1.29 is 24.5 Å². The molecule has 1 unspecified atom stereocenters. The van der Waals surface area contributed by atoms with E-state index in [-0.39, 0.29) is 13.0 Å². The van der Waals surface area contributed by atoms with E-state index in [0.717, 1.165) is 22.4 Å². The van der Waals surface area contributed by atoms with E-state index in [0.29, 0.717) is 6.61 Å². The summed E-state index contributed by atoms with van der Waals surface area (Å²) in [5, 5.41) is 22.0. The minimum absolute atomic E-state index is 0.145. The third-order valence-corrected chi connectivity index (χ3v) is 4.50. The SMILES string of the molecule is O=C(O)[C@H](Cc1ccccc1)NC(O)OCc1ccc(COc2ccccc2)cc1. The molecule has 6 heteroatoms. The Hall–Kier alpha value is -3.19. The topological polar surface area (TPSA) is 88.0 Å². The molecule has 0 aliphatic heterocycles. The molecular weight excluding hydrogens is 382 g/mol. The number of benzene rings is 3. The zero-order valence-electron chi connectivity index (χ0n) is 16.5. The molecule has 0 saturated heterocycles. The van der Waals surface area contributed by atoms with Crippen molar-refractivity contribution in [3.05, 3.63) is 102 Å². The van der Waals surface area contributed by atoms with Crippen LogP contribution in [0.4, 0.5) is 0 Å². The molecule has 0 amide bonds. The average molecular weight is 407 g/mol. The monoisotopic (exact) mass is 407 g/mol. The number of rotatable bonds is 11. The van der Waals surface area contributed by atoms with Crippen molar-refractivity contribution >= 4 is 5.97 Å². The Morgan fingerprint density at radius 2 is 1.37 bits per heavy atom. The van der Waals surface area contributed by atoms with Gasteiger partial charge in [0.1, 0.15) is 18.4 Å². The maximum atomic E-state index is 11.5. The maximum absolute atomic E-state index is 11.5. The van der Waals surface area contributed by atoms with E-state index in [9.17, 15) is 15.0 Å². The Bertz CT molecular complexity index is 900. The van der Waals surface area contributed by atoms with Crippen LogP contribution in [0.5, 0.6) is 5.75 Å². The second kappa shape index (κ2) is 11.1. The highest BCUT2D eigenvalue weighted by molar-refractivity contribution is 5.73. The van der Waals surface area contributed by atoms with Gasteiger partial charge in [0.25, 0.3) is 0 Å². The lowest BCUT2D eigenvalue weighted by molar-refractivity contribution is -0.154. The number of carbonyl (C=O) groups is 1. The number of hydrogen-bond acceptors (Lipinski definition) is 5. The number of aliphatic hydroxyl groups excluding tert-OH is 1. The fraction of sp³-hybridized carbons (Fsp3) is 0.208. The van der Waals surface area contributed by atoms with Crippen LogP contribution in [-0.4, -0.2) is 28.6 Å². The van der Waals surface area contributed by atoms with Gasteiger partial charge in [-0.1, -0.05) is 72.8 Å². The van der Waals surface area contributed by atoms with E-state index in [1.807, 2.05) is 84.9 Å². The summed E-state index contributed by atoms with van der Waals surface area (Å²) in [5.41, 5.74) is 2.72. The summed E-state index contributed by atoms with van der Waals surface area (Å²) in [6, 6.07) is 25.5. The molecule has 6 nitrogen and oxygen atoms in total. The Kier molecular flexibility index (Phi) is 7.97. The van der Waals surface area contributed by atoms with E-state index < -0.39 is 18.4 Å². The van der Waals surface area contributed by atoms with Gasteiger partial charge in [-0.15, -0.1) is 0 Å². The van der Waals surface area contributed by atoms with E-state index in [1.165, 1.54) is 0 Å². The number of ether oxygens (including phenoxy) is 2. The van der Waals surface area contributed by atoms with Crippen LogP contribution < -0.4 is 10.1 Å². The molecule has 156 valence electrons. The highest BCUT2D eigenvalue weighted by atomic mass is 16.6.